The van der Waals surface area contributed by atoms with E-state index in [1.54, 1.807) is 0 Å². The van der Waals surface area contributed by atoms with Crippen molar-refractivity contribution < 1.29 is 9.90 Å². The van der Waals surface area contributed by atoms with Gasteiger partial charge in [-0.1, -0.05) is 41.9 Å². The van der Waals surface area contributed by atoms with E-state index < -0.39 is 5.97 Å². The third-order valence-corrected chi connectivity index (χ3v) is 3.39. The van der Waals surface area contributed by atoms with Gasteiger partial charge in [-0.3, -0.25) is 0 Å². The molecule has 0 amide bonds. The van der Waals surface area contributed by atoms with Gasteiger partial charge >= 0.3 is 5.97 Å². The Hall–Kier alpha value is -2.07. The minimum Gasteiger partial charge on any atom is -0.478 e. The molecule has 1 unspecified atom stereocenters. The predicted molar refractivity (Wildman–Crippen MR) is 84.1 cm³/mol. The number of hydrogen-bond donors (Lipinski definition) is 2. The highest BCUT2D eigenvalue weighted by Crippen LogP contribution is 2.18. The number of anilines is 1. The smallest absolute Gasteiger partial charge is 0.339 e. The number of rotatable bonds is 6. The third kappa shape index (κ3) is 4.46. The number of aromatic carboxylic acids is 1. The van der Waals surface area contributed by atoms with Crippen LogP contribution in [0, 0.1) is 0 Å². The fourth-order valence-electron chi connectivity index (χ4n) is 2.05. The van der Waals surface area contributed by atoms with E-state index >= 15 is 0 Å². The molecule has 1 aromatic heterocycles. The molecular formula is C16H17ClN2O2. The van der Waals surface area contributed by atoms with Gasteiger partial charge in [0.05, 0.1) is 0 Å². The minimum absolute atomic E-state index is 0.0919. The fourth-order valence-corrected chi connectivity index (χ4v) is 2.20. The number of nitrogens with zero attached hydrogens (tertiary/aromatic N) is 1. The van der Waals surface area contributed by atoms with Crippen LogP contribution in [-0.4, -0.2) is 22.1 Å². The Morgan fingerprint density at radius 3 is 2.67 bits per heavy atom. The molecule has 2 N–H and O–H groups in total. The summed E-state index contributed by atoms with van der Waals surface area (Å²) < 4.78 is 0. The molecule has 0 saturated heterocycles. The Bertz CT molecular complexity index is 617. The van der Waals surface area contributed by atoms with Crippen LogP contribution < -0.4 is 5.32 Å². The number of carboxylic acids is 1. The number of carbonyl (C=O) groups is 1. The fraction of sp³-hybridized carbons (Fsp3) is 0.250. The van der Waals surface area contributed by atoms with Gasteiger partial charge in [0.15, 0.2) is 0 Å². The summed E-state index contributed by atoms with van der Waals surface area (Å²) in [7, 11) is 0. The van der Waals surface area contributed by atoms with Crippen LogP contribution >= 0.6 is 11.6 Å². The normalized spacial score (nSPS) is 11.9. The Balaban J connectivity index is 2.01. The van der Waals surface area contributed by atoms with Crippen molar-refractivity contribution in [2.24, 2.45) is 0 Å². The molecule has 1 aromatic carbocycles. The first-order valence-electron chi connectivity index (χ1n) is 6.76. The van der Waals surface area contributed by atoms with Crippen molar-refractivity contribution in [3.05, 3.63) is 58.7 Å². The molecular weight excluding hydrogens is 288 g/mol. The van der Waals surface area contributed by atoms with Crippen LogP contribution in [0.5, 0.6) is 0 Å². The van der Waals surface area contributed by atoms with E-state index in [4.69, 9.17) is 16.7 Å². The number of pyridine rings is 1. The molecule has 0 aliphatic rings. The average molecular weight is 305 g/mol. The topological polar surface area (TPSA) is 62.2 Å². The molecule has 0 fully saturated rings. The standard InChI is InChI=1S/C16H17ClN2O2/c1-11(7-8-12-5-3-2-4-6-12)18-15-13(16(20)21)9-10-14(17)19-15/h2-6,9-11H,7-8H2,1H3,(H,18,19)(H,20,21). The first kappa shape index (κ1) is 15.3. The number of nitrogens with one attached hydrogen (secondary N) is 1. The van der Waals surface area contributed by atoms with Gasteiger partial charge in [0.1, 0.15) is 16.5 Å². The second-order valence-electron chi connectivity index (χ2n) is 4.90. The zero-order valence-electron chi connectivity index (χ0n) is 11.7. The number of aromatic nitrogens is 1. The lowest BCUT2D eigenvalue weighted by molar-refractivity contribution is 0.0697. The van der Waals surface area contributed by atoms with Crippen molar-refractivity contribution >= 4 is 23.4 Å². The maximum atomic E-state index is 11.2. The van der Waals surface area contributed by atoms with Gasteiger partial charge in [0.2, 0.25) is 0 Å². The molecule has 2 rings (SSSR count). The monoisotopic (exact) mass is 304 g/mol. The lowest BCUT2D eigenvalue weighted by Gasteiger charge is -2.16. The molecule has 0 radical (unpaired) electrons. The number of aryl methyl sites for hydroxylation is 1. The molecule has 21 heavy (non-hydrogen) atoms. The van der Waals surface area contributed by atoms with Crippen molar-refractivity contribution in [1.29, 1.82) is 0 Å². The quantitative estimate of drug-likeness (QED) is 0.795. The van der Waals surface area contributed by atoms with Gasteiger partial charge in [0, 0.05) is 6.04 Å². The molecule has 4 nitrogen and oxygen atoms in total. The van der Waals surface area contributed by atoms with E-state index in [0.717, 1.165) is 12.8 Å². The molecule has 0 bridgehead atoms. The zero-order chi connectivity index (χ0) is 15.2. The highest BCUT2D eigenvalue weighted by Gasteiger charge is 2.14. The Morgan fingerprint density at radius 2 is 2.00 bits per heavy atom. The number of benzene rings is 1. The molecule has 0 aliphatic carbocycles. The summed E-state index contributed by atoms with van der Waals surface area (Å²) in [6, 6.07) is 13.2. The van der Waals surface area contributed by atoms with Gasteiger partial charge in [-0.2, -0.15) is 0 Å². The maximum absolute atomic E-state index is 11.2. The van der Waals surface area contributed by atoms with E-state index in [1.165, 1.54) is 17.7 Å². The van der Waals surface area contributed by atoms with Crippen molar-refractivity contribution in [1.82, 2.24) is 4.98 Å². The summed E-state index contributed by atoms with van der Waals surface area (Å²) in [5, 5.41) is 12.6. The lowest BCUT2D eigenvalue weighted by Crippen LogP contribution is -2.19. The molecule has 1 heterocycles. The first-order valence-corrected chi connectivity index (χ1v) is 7.14. The summed E-state index contributed by atoms with van der Waals surface area (Å²) in [5.41, 5.74) is 1.38. The van der Waals surface area contributed by atoms with Crippen LogP contribution in [0.3, 0.4) is 0 Å². The SMILES string of the molecule is CC(CCc1ccccc1)Nc1nc(Cl)ccc1C(=O)O. The maximum Gasteiger partial charge on any atom is 0.339 e. The van der Waals surface area contributed by atoms with E-state index in [1.807, 2.05) is 25.1 Å². The van der Waals surface area contributed by atoms with Crippen LogP contribution in [0.25, 0.3) is 0 Å². The van der Waals surface area contributed by atoms with E-state index in [2.05, 4.69) is 22.4 Å². The van der Waals surface area contributed by atoms with E-state index in [0.29, 0.717) is 5.82 Å². The molecule has 5 heteroatoms. The highest BCUT2D eigenvalue weighted by molar-refractivity contribution is 6.29. The van der Waals surface area contributed by atoms with Gasteiger partial charge in [-0.05, 0) is 37.5 Å². The summed E-state index contributed by atoms with van der Waals surface area (Å²) in [6.07, 6.45) is 1.79. The third-order valence-electron chi connectivity index (χ3n) is 3.18. The Labute approximate surface area is 128 Å². The largest absolute Gasteiger partial charge is 0.478 e. The van der Waals surface area contributed by atoms with Gasteiger partial charge in [0.25, 0.3) is 0 Å². The molecule has 0 saturated carbocycles. The number of halogens is 1. The molecule has 1 atom stereocenters. The molecule has 0 spiro atoms. The summed E-state index contributed by atoms with van der Waals surface area (Å²) in [6.45, 7) is 2.00. The Morgan fingerprint density at radius 1 is 1.29 bits per heavy atom. The van der Waals surface area contributed by atoms with E-state index in [9.17, 15) is 4.79 Å². The number of carboxylic acid groups (broad SMARTS) is 1. The minimum atomic E-state index is -1.02. The zero-order valence-corrected chi connectivity index (χ0v) is 12.5. The van der Waals surface area contributed by atoms with Crippen LogP contribution in [0.2, 0.25) is 5.15 Å². The van der Waals surface area contributed by atoms with Crippen molar-refractivity contribution in [2.45, 2.75) is 25.8 Å². The molecule has 2 aromatic rings. The summed E-state index contributed by atoms with van der Waals surface area (Å²) >= 11 is 5.83. The van der Waals surface area contributed by atoms with Crippen LogP contribution in [0.1, 0.15) is 29.3 Å². The average Bonchev–Trinajstić information content (AvgIpc) is 2.46. The van der Waals surface area contributed by atoms with Crippen molar-refractivity contribution in [2.75, 3.05) is 5.32 Å². The Kier molecular flexibility index (Phi) is 5.17. The number of hydrogen-bond acceptors (Lipinski definition) is 3. The van der Waals surface area contributed by atoms with Gasteiger partial charge in [-0.15, -0.1) is 0 Å². The van der Waals surface area contributed by atoms with Gasteiger partial charge in [-0.25, -0.2) is 9.78 Å². The summed E-state index contributed by atoms with van der Waals surface area (Å²) in [4.78, 5) is 15.2. The second kappa shape index (κ2) is 7.09. The predicted octanol–water partition coefficient (Wildman–Crippen LogP) is 3.87. The molecule has 0 aliphatic heterocycles. The molecule has 110 valence electrons. The lowest BCUT2D eigenvalue weighted by atomic mass is 10.1. The second-order valence-corrected chi connectivity index (χ2v) is 5.29. The first-order chi connectivity index (χ1) is 10.1. The summed E-state index contributed by atoms with van der Waals surface area (Å²) in [5.74, 6) is -0.701. The van der Waals surface area contributed by atoms with Crippen molar-refractivity contribution in [3.63, 3.8) is 0 Å². The van der Waals surface area contributed by atoms with Crippen LogP contribution in [-0.2, 0) is 6.42 Å². The van der Waals surface area contributed by atoms with Gasteiger partial charge < -0.3 is 10.4 Å². The van der Waals surface area contributed by atoms with Crippen molar-refractivity contribution in [3.8, 4) is 0 Å². The highest BCUT2D eigenvalue weighted by atomic mass is 35.5. The van der Waals surface area contributed by atoms with E-state index in [-0.39, 0.29) is 16.8 Å². The van der Waals surface area contributed by atoms with Crippen LogP contribution in [0.15, 0.2) is 42.5 Å². The van der Waals surface area contributed by atoms with Crippen LogP contribution in [0.4, 0.5) is 5.82 Å².